The Hall–Kier alpha value is -1.46. The number of aliphatic hydroxyl groups excluding tert-OH is 1. The number of ether oxygens (including phenoxy) is 1. The molecule has 0 saturated heterocycles. The SMILES string of the molecule is COc1ccc(C(O)Cc2cc(F)cc(Br)c2)cn1. The van der Waals surface area contributed by atoms with Gasteiger partial charge in [-0.1, -0.05) is 15.9 Å². The number of hydrogen-bond donors (Lipinski definition) is 1. The molecule has 5 heteroatoms. The zero-order chi connectivity index (χ0) is 13.8. The fourth-order valence-electron chi connectivity index (χ4n) is 1.78. The Morgan fingerprint density at radius 3 is 2.74 bits per heavy atom. The van der Waals surface area contributed by atoms with E-state index in [9.17, 15) is 9.50 Å². The van der Waals surface area contributed by atoms with E-state index in [1.807, 2.05) is 0 Å². The largest absolute Gasteiger partial charge is 0.481 e. The maximum Gasteiger partial charge on any atom is 0.212 e. The van der Waals surface area contributed by atoms with E-state index in [2.05, 4.69) is 20.9 Å². The van der Waals surface area contributed by atoms with Crippen LogP contribution in [-0.4, -0.2) is 17.2 Å². The summed E-state index contributed by atoms with van der Waals surface area (Å²) in [6.07, 6.45) is 1.15. The van der Waals surface area contributed by atoms with Gasteiger partial charge in [-0.3, -0.25) is 0 Å². The van der Waals surface area contributed by atoms with Crippen molar-refractivity contribution in [2.75, 3.05) is 7.11 Å². The van der Waals surface area contributed by atoms with Gasteiger partial charge in [0.15, 0.2) is 0 Å². The number of benzene rings is 1. The van der Waals surface area contributed by atoms with E-state index < -0.39 is 6.10 Å². The van der Waals surface area contributed by atoms with Crippen LogP contribution in [0.4, 0.5) is 4.39 Å². The summed E-state index contributed by atoms with van der Waals surface area (Å²) in [6.45, 7) is 0. The van der Waals surface area contributed by atoms with Gasteiger partial charge in [0, 0.05) is 23.2 Å². The molecule has 0 aliphatic rings. The monoisotopic (exact) mass is 325 g/mol. The van der Waals surface area contributed by atoms with Gasteiger partial charge in [-0.25, -0.2) is 9.37 Å². The van der Waals surface area contributed by atoms with E-state index in [0.29, 0.717) is 22.3 Å². The zero-order valence-corrected chi connectivity index (χ0v) is 11.9. The lowest BCUT2D eigenvalue weighted by molar-refractivity contribution is 0.177. The van der Waals surface area contributed by atoms with E-state index in [0.717, 1.165) is 5.56 Å². The number of halogens is 2. The molecule has 0 aliphatic carbocycles. The number of hydrogen-bond acceptors (Lipinski definition) is 3. The number of aliphatic hydroxyl groups is 1. The number of nitrogens with zero attached hydrogens (tertiary/aromatic N) is 1. The topological polar surface area (TPSA) is 42.4 Å². The quantitative estimate of drug-likeness (QED) is 0.938. The highest BCUT2D eigenvalue weighted by molar-refractivity contribution is 9.10. The van der Waals surface area contributed by atoms with Gasteiger partial charge in [0.05, 0.1) is 13.2 Å². The zero-order valence-electron chi connectivity index (χ0n) is 10.3. The van der Waals surface area contributed by atoms with Crippen LogP contribution in [0.1, 0.15) is 17.2 Å². The lowest BCUT2D eigenvalue weighted by Crippen LogP contribution is -2.03. The molecule has 1 unspecified atom stereocenters. The molecule has 0 amide bonds. The van der Waals surface area contributed by atoms with Gasteiger partial charge in [-0.05, 0) is 35.4 Å². The summed E-state index contributed by atoms with van der Waals surface area (Å²) in [6, 6.07) is 7.99. The van der Waals surface area contributed by atoms with Gasteiger partial charge in [0.2, 0.25) is 5.88 Å². The average molecular weight is 326 g/mol. The average Bonchev–Trinajstić information content (AvgIpc) is 2.37. The van der Waals surface area contributed by atoms with Crippen LogP contribution in [0.25, 0.3) is 0 Å². The molecule has 0 radical (unpaired) electrons. The van der Waals surface area contributed by atoms with Crippen LogP contribution in [0.5, 0.6) is 5.88 Å². The third-order valence-corrected chi connectivity index (χ3v) is 3.16. The molecule has 2 rings (SSSR count). The minimum atomic E-state index is -0.730. The second-order valence-electron chi connectivity index (χ2n) is 4.13. The first-order valence-electron chi connectivity index (χ1n) is 5.71. The summed E-state index contributed by atoms with van der Waals surface area (Å²) < 4.78 is 18.8. The van der Waals surface area contributed by atoms with Crippen molar-refractivity contribution >= 4 is 15.9 Å². The standard InChI is InChI=1S/C14H13BrFNO2/c1-19-14-3-2-10(8-17-14)13(18)6-9-4-11(15)7-12(16)5-9/h2-5,7-8,13,18H,6H2,1H3. The molecule has 1 atom stereocenters. The molecule has 2 aromatic rings. The molecular weight excluding hydrogens is 313 g/mol. The molecule has 19 heavy (non-hydrogen) atoms. The summed E-state index contributed by atoms with van der Waals surface area (Å²) in [7, 11) is 1.53. The van der Waals surface area contributed by atoms with Crippen molar-refractivity contribution in [2.24, 2.45) is 0 Å². The second-order valence-corrected chi connectivity index (χ2v) is 5.05. The van der Waals surface area contributed by atoms with Gasteiger partial charge in [-0.2, -0.15) is 0 Å². The van der Waals surface area contributed by atoms with Gasteiger partial charge in [0.1, 0.15) is 5.82 Å². The third-order valence-electron chi connectivity index (χ3n) is 2.70. The van der Waals surface area contributed by atoms with Crippen molar-refractivity contribution in [2.45, 2.75) is 12.5 Å². The summed E-state index contributed by atoms with van der Waals surface area (Å²) in [5, 5.41) is 10.1. The second kappa shape index (κ2) is 6.12. The summed E-state index contributed by atoms with van der Waals surface area (Å²) in [5.41, 5.74) is 1.39. The summed E-state index contributed by atoms with van der Waals surface area (Å²) in [4.78, 5) is 4.03. The smallest absolute Gasteiger partial charge is 0.212 e. The van der Waals surface area contributed by atoms with Crippen molar-refractivity contribution < 1.29 is 14.2 Å². The van der Waals surface area contributed by atoms with E-state index >= 15 is 0 Å². The van der Waals surface area contributed by atoms with Gasteiger partial charge < -0.3 is 9.84 Å². The normalized spacial score (nSPS) is 12.2. The Kier molecular flexibility index (Phi) is 4.50. The lowest BCUT2D eigenvalue weighted by atomic mass is 10.0. The molecule has 100 valence electrons. The summed E-state index contributed by atoms with van der Waals surface area (Å²) >= 11 is 3.23. The number of aromatic nitrogens is 1. The molecule has 0 bridgehead atoms. The van der Waals surface area contributed by atoms with Crippen LogP contribution in [-0.2, 0) is 6.42 Å². The molecule has 1 heterocycles. The Balaban J connectivity index is 2.13. The fourth-order valence-corrected chi connectivity index (χ4v) is 2.29. The number of methoxy groups -OCH3 is 1. The maximum absolute atomic E-state index is 13.2. The van der Waals surface area contributed by atoms with Crippen LogP contribution < -0.4 is 4.74 Å². The van der Waals surface area contributed by atoms with Crippen LogP contribution in [0.3, 0.4) is 0 Å². The molecule has 0 aliphatic heterocycles. The van der Waals surface area contributed by atoms with E-state index in [1.54, 1.807) is 24.4 Å². The molecule has 1 N–H and O–H groups in total. The molecule has 0 fully saturated rings. The highest BCUT2D eigenvalue weighted by Gasteiger charge is 2.10. The Bertz CT molecular complexity index is 540. The Morgan fingerprint density at radius 1 is 1.37 bits per heavy atom. The number of pyridine rings is 1. The van der Waals surface area contributed by atoms with Crippen LogP contribution in [0.15, 0.2) is 41.0 Å². The molecule has 1 aromatic heterocycles. The number of rotatable bonds is 4. The maximum atomic E-state index is 13.2. The third kappa shape index (κ3) is 3.75. The molecule has 1 aromatic carbocycles. The highest BCUT2D eigenvalue weighted by atomic mass is 79.9. The predicted molar refractivity (Wildman–Crippen MR) is 73.6 cm³/mol. The van der Waals surface area contributed by atoms with Crippen molar-refractivity contribution in [3.8, 4) is 5.88 Å². The highest BCUT2D eigenvalue weighted by Crippen LogP contribution is 2.22. The van der Waals surface area contributed by atoms with Gasteiger partial charge in [0.25, 0.3) is 0 Å². The van der Waals surface area contributed by atoms with Crippen molar-refractivity contribution in [1.82, 2.24) is 4.98 Å². The first kappa shape index (κ1) is 14.0. The van der Waals surface area contributed by atoms with Crippen molar-refractivity contribution in [3.05, 3.63) is 57.9 Å². The van der Waals surface area contributed by atoms with Gasteiger partial charge in [-0.15, -0.1) is 0 Å². The van der Waals surface area contributed by atoms with E-state index in [-0.39, 0.29) is 5.82 Å². The molecule has 0 spiro atoms. The minimum Gasteiger partial charge on any atom is -0.481 e. The molecular formula is C14H13BrFNO2. The first-order chi connectivity index (χ1) is 9.08. The van der Waals surface area contributed by atoms with E-state index in [4.69, 9.17) is 4.74 Å². The Labute approximate surface area is 119 Å². The van der Waals surface area contributed by atoms with Crippen molar-refractivity contribution in [1.29, 1.82) is 0 Å². The van der Waals surface area contributed by atoms with E-state index in [1.165, 1.54) is 19.2 Å². The van der Waals surface area contributed by atoms with Gasteiger partial charge >= 0.3 is 0 Å². The first-order valence-corrected chi connectivity index (χ1v) is 6.51. The van der Waals surface area contributed by atoms with Crippen LogP contribution in [0, 0.1) is 5.82 Å². The molecule has 0 saturated carbocycles. The van der Waals surface area contributed by atoms with Crippen molar-refractivity contribution in [3.63, 3.8) is 0 Å². The van der Waals surface area contributed by atoms with Crippen LogP contribution in [0.2, 0.25) is 0 Å². The van der Waals surface area contributed by atoms with Crippen LogP contribution >= 0.6 is 15.9 Å². The fraction of sp³-hybridized carbons (Fsp3) is 0.214. The summed E-state index contributed by atoms with van der Waals surface area (Å²) in [5.74, 6) is 0.161. The predicted octanol–water partition coefficient (Wildman–Crippen LogP) is 3.27. The minimum absolute atomic E-state index is 0.324. The Morgan fingerprint density at radius 2 is 2.16 bits per heavy atom. The molecule has 3 nitrogen and oxygen atoms in total. The lowest BCUT2D eigenvalue weighted by Gasteiger charge is -2.11.